The molecule has 0 aromatic heterocycles. The predicted octanol–water partition coefficient (Wildman–Crippen LogP) is 2.51. The highest BCUT2D eigenvalue weighted by atomic mass is 79.9. The first kappa shape index (κ1) is 10.5. The second-order valence-corrected chi connectivity index (χ2v) is 5.03. The van der Waals surface area contributed by atoms with E-state index in [0.29, 0.717) is 11.3 Å². The summed E-state index contributed by atoms with van der Waals surface area (Å²) in [5.41, 5.74) is -0.0910. The number of phenols is 1. The Morgan fingerprint density at radius 1 is 1.47 bits per heavy atom. The van der Waals surface area contributed by atoms with Crippen LogP contribution >= 0.6 is 15.9 Å². The number of alkyl halides is 1. The van der Waals surface area contributed by atoms with E-state index in [-0.39, 0.29) is 16.4 Å². The molecule has 0 aliphatic carbocycles. The van der Waals surface area contributed by atoms with Gasteiger partial charge < -0.3 is 9.84 Å². The van der Waals surface area contributed by atoms with Crippen LogP contribution in [0.5, 0.6) is 11.5 Å². The standard InChI is InChI=1S/C11H11BrO3/c1-11(2)10(12)9(14)7-4-3-6(13)5-8(7)15-11/h3-5,10,13H,1-2H3. The molecule has 0 radical (unpaired) electrons. The van der Waals surface area contributed by atoms with Crippen molar-refractivity contribution in [3.8, 4) is 11.5 Å². The van der Waals surface area contributed by atoms with Gasteiger partial charge in [-0.25, -0.2) is 0 Å². The molecule has 1 atom stereocenters. The number of benzene rings is 1. The lowest BCUT2D eigenvalue weighted by molar-refractivity contribution is 0.0667. The van der Waals surface area contributed by atoms with Gasteiger partial charge >= 0.3 is 0 Å². The molecule has 0 fully saturated rings. The van der Waals surface area contributed by atoms with E-state index in [4.69, 9.17) is 4.74 Å². The highest BCUT2D eigenvalue weighted by Gasteiger charge is 2.41. The van der Waals surface area contributed by atoms with E-state index in [1.54, 1.807) is 6.07 Å². The number of carbonyl (C=O) groups excluding carboxylic acids is 1. The zero-order chi connectivity index (χ0) is 11.2. The predicted molar refractivity (Wildman–Crippen MR) is 59.9 cm³/mol. The van der Waals surface area contributed by atoms with Crippen LogP contribution in [0.1, 0.15) is 24.2 Å². The van der Waals surface area contributed by atoms with E-state index < -0.39 is 5.60 Å². The Kier molecular flexibility index (Phi) is 2.26. The first-order valence-electron chi connectivity index (χ1n) is 4.62. The summed E-state index contributed by atoms with van der Waals surface area (Å²) in [5, 5.41) is 9.31. The van der Waals surface area contributed by atoms with Gasteiger partial charge in [-0.15, -0.1) is 0 Å². The van der Waals surface area contributed by atoms with Crippen molar-refractivity contribution in [3.63, 3.8) is 0 Å². The fourth-order valence-corrected chi connectivity index (χ4v) is 1.93. The van der Waals surface area contributed by atoms with Crippen LogP contribution in [-0.4, -0.2) is 21.3 Å². The molecule has 0 bridgehead atoms. The molecule has 3 nitrogen and oxygen atoms in total. The van der Waals surface area contributed by atoms with Gasteiger partial charge in [0.15, 0.2) is 5.78 Å². The molecule has 15 heavy (non-hydrogen) atoms. The summed E-state index contributed by atoms with van der Waals surface area (Å²) in [5.74, 6) is 0.535. The van der Waals surface area contributed by atoms with E-state index >= 15 is 0 Å². The quantitative estimate of drug-likeness (QED) is 0.737. The molecule has 80 valence electrons. The monoisotopic (exact) mass is 270 g/mol. The zero-order valence-electron chi connectivity index (χ0n) is 8.45. The molecule has 1 aromatic carbocycles. The minimum absolute atomic E-state index is 0.0127. The average Bonchev–Trinajstić information content (AvgIpc) is 2.13. The van der Waals surface area contributed by atoms with Gasteiger partial charge in [0, 0.05) is 6.07 Å². The van der Waals surface area contributed by atoms with Gasteiger partial charge in [-0.3, -0.25) is 4.79 Å². The van der Waals surface area contributed by atoms with Crippen molar-refractivity contribution in [2.45, 2.75) is 24.3 Å². The summed E-state index contributed by atoms with van der Waals surface area (Å²) in [7, 11) is 0. The number of fused-ring (bicyclic) bond motifs is 1. The zero-order valence-corrected chi connectivity index (χ0v) is 10.0. The summed E-state index contributed by atoms with van der Waals surface area (Å²) in [4.78, 5) is 11.6. The Balaban J connectivity index is 2.55. The second kappa shape index (κ2) is 3.23. The second-order valence-electron chi connectivity index (χ2n) is 4.11. The van der Waals surface area contributed by atoms with Crippen molar-refractivity contribution in [1.82, 2.24) is 0 Å². The fraction of sp³-hybridized carbons (Fsp3) is 0.364. The Morgan fingerprint density at radius 2 is 2.13 bits per heavy atom. The molecule has 0 spiro atoms. The number of halogens is 1. The SMILES string of the molecule is CC1(C)Oc2cc(O)ccc2C(=O)C1Br. The van der Waals surface area contributed by atoms with Gasteiger partial charge in [-0.05, 0) is 26.0 Å². The number of hydrogen-bond donors (Lipinski definition) is 1. The maximum atomic E-state index is 11.9. The van der Waals surface area contributed by atoms with Crippen LogP contribution in [-0.2, 0) is 0 Å². The number of ketones is 1. The van der Waals surface area contributed by atoms with Gasteiger partial charge in [0.05, 0.1) is 5.56 Å². The molecule has 1 heterocycles. The van der Waals surface area contributed by atoms with Crippen molar-refractivity contribution in [2.75, 3.05) is 0 Å². The van der Waals surface area contributed by atoms with Crippen molar-refractivity contribution in [1.29, 1.82) is 0 Å². The third kappa shape index (κ3) is 1.63. The lowest BCUT2D eigenvalue weighted by Crippen LogP contribution is -2.46. The Labute approximate surface area is 96.2 Å². The maximum absolute atomic E-state index is 11.9. The molecular formula is C11H11BrO3. The molecule has 4 heteroatoms. The van der Waals surface area contributed by atoms with Crippen molar-refractivity contribution < 1.29 is 14.6 Å². The summed E-state index contributed by atoms with van der Waals surface area (Å²) in [6, 6.07) is 4.53. The maximum Gasteiger partial charge on any atom is 0.184 e. The minimum Gasteiger partial charge on any atom is -0.508 e. The molecule has 1 aromatic rings. The largest absolute Gasteiger partial charge is 0.508 e. The van der Waals surface area contributed by atoms with Gasteiger partial charge in [0.25, 0.3) is 0 Å². The third-order valence-corrected chi connectivity index (χ3v) is 3.96. The smallest absolute Gasteiger partial charge is 0.184 e. The van der Waals surface area contributed by atoms with Gasteiger partial charge in [-0.2, -0.15) is 0 Å². The fourth-order valence-electron chi connectivity index (χ4n) is 1.59. The Bertz CT molecular complexity index is 426. The van der Waals surface area contributed by atoms with Gasteiger partial charge in [0.1, 0.15) is 21.9 Å². The van der Waals surface area contributed by atoms with E-state index in [1.165, 1.54) is 12.1 Å². The number of ether oxygens (including phenoxy) is 1. The number of hydrogen-bond acceptors (Lipinski definition) is 3. The molecular weight excluding hydrogens is 260 g/mol. The molecule has 1 aliphatic heterocycles. The van der Waals surface area contributed by atoms with Crippen LogP contribution in [0.2, 0.25) is 0 Å². The molecule has 0 amide bonds. The number of Topliss-reactive ketones (excluding diaryl/α,β-unsaturated/α-hetero) is 1. The van der Waals surface area contributed by atoms with Crippen LogP contribution in [0, 0.1) is 0 Å². The summed E-state index contributed by atoms with van der Waals surface area (Å²) >= 11 is 3.33. The average molecular weight is 271 g/mol. The summed E-state index contributed by atoms with van der Waals surface area (Å²) in [6.07, 6.45) is 0. The van der Waals surface area contributed by atoms with E-state index in [1.807, 2.05) is 13.8 Å². The van der Waals surface area contributed by atoms with Crippen molar-refractivity contribution in [3.05, 3.63) is 23.8 Å². The Hall–Kier alpha value is -1.03. The molecule has 2 rings (SSSR count). The molecule has 0 saturated heterocycles. The molecule has 1 N–H and O–H groups in total. The van der Waals surface area contributed by atoms with Crippen molar-refractivity contribution in [2.24, 2.45) is 0 Å². The van der Waals surface area contributed by atoms with Crippen LogP contribution < -0.4 is 4.74 Å². The number of rotatable bonds is 0. The topological polar surface area (TPSA) is 46.5 Å². The van der Waals surface area contributed by atoms with E-state index in [9.17, 15) is 9.90 Å². The van der Waals surface area contributed by atoms with Crippen LogP contribution in [0.3, 0.4) is 0 Å². The number of phenolic OH excluding ortho intramolecular Hbond substituents is 1. The van der Waals surface area contributed by atoms with Crippen LogP contribution in [0.4, 0.5) is 0 Å². The van der Waals surface area contributed by atoms with Gasteiger partial charge in [0.2, 0.25) is 0 Å². The highest BCUT2D eigenvalue weighted by Crippen LogP contribution is 2.38. The minimum atomic E-state index is -0.599. The molecule has 1 unspecified atom stereocenters. The Morgan fingerprint density at radius 3 is 2.80 bits per heavy atom. The lowest BCUT2D eigenvalue weighted by atomic mass is 9.93. The van der Waals surface area contributed by atoms with Crippen LogP contribution in [0.15, 0.2) is 18.2 Å². The lowest BCUT2D eigenvalue weighted by Gasteiger charge is -2.35. The summed E-state index contributed by atoms with van der Waals surface area (Å²) < 4.78 is 5.66. The molecule has 1 aliphatic rings. The number of carbonyl (C=O) groups is 1. The van der Waals surface area contributed by atoms with Crippen LogP contribution in [0.25, 0.3) is 0 Å². The van der Waals surface area contributed by atoms with E-state index in [2.05, 4.69) is 15.9 Å². The first-order valence-corrected chi connectivity index (χ1v) is 5.54. The highest BCUT2D eigenvalue weighted by molar-refractivity contribution is 9.10. The number of aromatic hydroxyl groups is 1. The van der Waals surface area contributed by atoms with Crippen molar-refractivity contribution >= 4 is 21.7 Å². The first-order chi connectivity index (χ1) is 6.92. The van der Waals surface area contributed by atoms with E-state index in [0.717, 1.165) is 0 Å². The van der Waals surface area contributed by atoms with Gasteiger partial charge in [-0.1, -0.05) is 15.9 Å². The third-order valence-electron chi connectivity index (χ3n) is 2.44. The summed E-state index contributed by atoms with van der Waals surface area (Å²) in [6.45, 7) is 3.66. The molecule has 0 saturated carbocycles. The normalized spacial score (nSPS) is 23.1.